The minimum atomic E-state index is 0.190. The lowest BCUT2D eigenvalue weighted by Crippen LogP contribution is -2.38. The molecule has 2 rings (SSSR count). The van der Waals surface area contributed by atoms with Crippen LogP contribution in [-0.2, 0) is 0 Å². The number of anilines is 1. The normalized spacial score (nSPS) is 17.6. The predicted octanol–water partition coefficient (Wildman–Crippen LogP) is 1.98. The molecule has 5 heteroatoms. The minimum Gasteiger partial charge on any atom is -0.395 e. The van der Waals surface area contributed by atoms with Crippen molar-refractivity contribution in [3.63, 3.8) is 0 Å². The second-order valence-corrected chi connectivity index (χ2v) is 5.47. The maximum Gasteiger partial charge on any atom is 0.208 e. The van der Waals surface area contributed by atoms with Gasteiger partial charge in [-0.1, -0.05) is 30.6 Å². The van der Waals surface area contributed by atoms with Crippen LogP contribution < -0.4 is 4.90 Å². The second-order valence-electron chi connectivity index (χ2n) is 4.31. The minimum absolute atomic E-state index is 0.190. The molecule has 90 valence electrons. The lowest BCUT2D eigenvalue weighted by Gasteiger charge is -2.33. The molecule has 0 unspecified atom stereocenters. The summed E-state index contributed by atoms with van der Waals surface area (Å²) < 4.78 is 0. The van der Waals surface area contributed by atoms with E-state index in [0.717, 1.165) is 10.1 Å². The summed E-state index contributed by atoms with van der Waals surface area (Å²) in [4.78, 5) is 2.24. The highest BCUT2D eigenvalue weighted by atomic mass is 32.1. The van der Waals surface area contributed by atoms with Gasteiger partial charge in [0.1, 0.15) is 5.01 Å². The maximum absolute atomic E-state index is 9.15. The van der Waals surface area contributed by atoms with Crippen LogP contribution in [0.15, 0.2) is 0 Å². The molecule has 0 amide bonds. The molecule has 1 saturated carbocycles. The highest BCUT2D eigenvalue weighted by molar-refractivity contribution is 7.15. The topological polar surface area (TPSA) is 49.2 Å². The molecule has 1 aliphatic rings. The Hall–Kier alpha value is -0.680. The summed E-state index contributed by atoms with van der Waals surface area (Å²) in [6, 6.07) is 0.549. The van der Waals surface area contributed by atoms with E-state index in [1.807, 2.05) is 6.92 Å². The fourth-order valence-corrected chi connectivity index (χ4v) is 3.12. The summed E-state index contributed by atoms with van der Waals surface area (Å²) in [6.07, 6.45) is 6.38. The van der Waals surface area contributed by atoms with Gasteiger partial charge in [-0.25, -0.2) is 0 Å². The summed E-state index contributed by atoms with van der Waals surface area (Å²) in [6.45, 7) is 2.84. The highest BCUT2D eigenvalue weighted by Crippen LogP contribution is 2.28. The zero-order chi connectivity index (χ0) is 11.4. The Morgan fingerprint density at radius 2 is 2.06 bits per heavy atom. The highest BCUT2D eigenvalue weighted by Gasteiger charge is 2.23. The molecular formula is C11H19N3OS. The van der Waals surface area contributed by atoms with Gasteiger partial charge in [0.25, 0.3) is 0 Å². The van der Waals surface area contributed by atoms with Crippen molar-refractivity contribution in [3.05, 3.63) is 5.01 Å². The van der Waals surface area contributed by atoms with Crippen LogP contribution in [0.4, 0.5) is 5.13 Å². The van der Waals surface area contributed by atoms with Crippen LogP contribution in [0, 0.1) is 6.92 Å². The first kappa shape index (κ1) is 11.8. The molecule has 0 atom stereocenters. The van der Waals surface area contributed by atoms with E-state index >= 15 is 0 Å². The van der Waals surface area contributed by atoms with E-state index in [9.17, 15) is 0 Å². The Bertz CT molecular complexity index is 323. The second kappa shape index (κ2) is 5.59. The van der Waals surface area contributed by atoms with Crippen molar-refractivity contribution in [3.8, 4) is 0 Å². The fourth-order valence-electron chi connectivity index (χ4n) is 2.34. The van der Waals surface area contributed by atoms with Crippen molar-refractivity contribution in [2.45, 2.75) is 45.1 Å². The van der Waals surface area contributed by atoms with Crippen molar-refractivity contribution in [1.29, 1.82) is 0 Å². The van der Waals surface area contributed by atoms with Gasteiger partial charge in [-0.2, -0.15) is 0 Å². The number of aryl methyl sites for hydroxylation is 1. The van der Waals surface area contributed by atoms with Gasteiger partial charge in [0.15, 0.2) is 0 Å². The van der Waals surface area contributed by atoms with Gasteiger partial charge in [-0.05, 0) is 19.8 Å². The molecule has 0 spiro atoms. The third-order valence-electron chi connectivity index (χ3n) is 3.12. The monoisotopic (exact) mass is 241 g/mol. The number of aliphatic hydroxyl groups excluding tert-OH is 1. The molecule has 1 N–H and O–H groups in total. The molecule has 1 aliphatic carbocycles. The van der Waals surface area contributed by atoms with Crippen molar-refractivity contribution in [1.82, 2.24) is 10.2 Å². The summed E-state index contributed by atoms with van der Waals surface area (Å²) in [5, 5.41) is 19.4. The first-order valence-electron chi connectivity index (χ1n) is 5.99. The van der Waals surface area contributed by atoms with Crippen LogP contribution in [0.1, 0.15) is 37.1 Å². The number of hydrogen-bond acceptors (Lipinski definition) is 5. The molecule has 1 heterocycles. The van der Waals surface area contributed by atoms with Crippen molar-refractivity contribution in [2.75, 3.05) is 18.1 Å². The van der Waals surface area contributed by atoms with Crippen molar-refractivity contribution in [2.24, 2.45) is 0 Å². The smallest absolute Gasteiger partial charge is 0.208 e. The van der Waals surface area contributed by atoms with Crippen molar-refractivity contribution >= 4 is 16.5 Å². The molecule has 1 fully saturated rings. The molecule has 0 radical (unpaired) electrons. The van der Waals surface area contributed by atoms with Crippen molar-refractivity contribution < 1.29 is 5.11 Å². The average molecular weight is 241 g/mol. The number of aliphatic hydroxyl groups is 1. The van der Waals surface area contributed by atoms with Gasteiger partial charge in [-0.15, -0.1) is 10.2 Å². The van der Waals surface area contributed by atoms with E-state index in [4.69, 9.17) is 5.11 Å². The SMILES string of the molecule is Cc1nnc(N(CCO)C2CCCCC2)s1. The van der Waals surface area contributed by atoms with Gasteiger partial charge >= 0.3 is 0 Å². The molecule has 0 saturated heterocycles. The van der Waals surface area contributed by atoms with Gasteiger partial charge in [0.05, 0.1) is 6.61 Å². The number of aromatic nitrogens is 2. The number of hydrogen-bond donors (Lipinski definition) is 1. The van der Waals surface area contributed by atoms with Gasteiger partial charge in [0.2, 0.25) is 5.13 Å². The van der Waals surface area contributed by atoms with E-state index in [2.05, 4.69) is 15.1 Å². The van der Waals surface area contributed by atoms with Crippen LogP contribution in [0.25, 0.3) is 0 Å². The zero-order valence-corrected chi connectivity index (χ0v) is 10.5. The molecular weight excluding hydrogens is 222 g/mol. The van der Waals surface area contributed by atoms with Crippen LogP contribution in [0.3, 0.4) is 0 Å². The third kappa shape index (κ3) is 2.71. The van der Waals surface area contributed by atoms with Crippen LogP contribution in [-0.4, -0.2) is 34.5 Å². The average Bonchev–Trinajstić information content (AvgIpc) is 2.74. The molecule has 16 heavy (non-hydrogen) atoms. The molecule has 1 aromatic heterocycles. The summed E-state index contributed by atoms with van der Waals surface area (Å²) in [5.74, 6) is 0. The first-order valence-corrected chi connectivity index (χ1v) is 6.80. The Morgan fingerprint density at radius 1 is 1.31 bits per heavy atom. The molecule has 0 aliphatic heterocycles. The number of rotatable bonds is 4. The fraction of sp³-hybridized carbons (Fsp3) is 0.818. The van der Waals surface area contributed by atoms with E-state index < -0.39 is 0 Å². The quantitative estimate of drug-likeness (QED) is 0.875. The summed E-state index contributed by atoms with van der Waals surface area (Å²) in [5.41, 5.74) is 0. The van der Waals surface area contributed by atoms with Gasteiger partial charge in [0, 0.05) is 12.6 Å². The number of nitrogens with zero attached hydrogens (tertiary/aromatic N) is 3. The Labute approximate surface area is 100 Å². The summed E-state index contributed by atoms with van der Waals surface area (Å²) >= 11 is 1.62. The lowest BCUT2D eigenvalue weighted by molar-refractivity contribution is 0.290. The Morgan fingerprint density at radius 3 is 2.62 bits per heavy atom. The van der Waals surface area contributed by atoms with E-state index in [-0.39, 0.29) is 6.61 Å². The van der Waals surface area contributed by atoms with Crippen LogP contribution in [0.5, 0.6) is 0 Å². The van der Waals surface area contributed by atoms with E-state index in [1.54, 1.807) is 11.3 Å². The van der Waals surface area contributed by atoms with Crippen LogP contribution >= 0.6 is 11.3 Å². The predicted molar refractivity (Wildman–Crippen MR) is 66.0 cm³/mol. The molecule has 1 aromatic rings. The largest absolute Gasteiger partial charge is 0.395 e. The van der Waals surface area contributed by atoms with Crippen LogP contribution in [0.2, 0.25) is 0 Å². The summed E-state index contributed by atoms with van der Waals surface area (Å²) in [7, 11) is 0. The Kier molecular flexibility index (Phi) is 4.12. The first-order chi connectivity index (χ1) is 7.81. The van der Waals surface area contributed by atoms with Gasteiger partial charge < -0.3 is 10.0 Å². The standard InChI is InChI=1S/C11H19N3OS/c1-9-12-13-11(16-9)14(7-8-15)10-5-3-2-4-6-10/h10,15H,2-8H2,1H3. The van der Waals surface area contributed by atoms with Gasteiger partial charge in [-0.3, -0.25) is 0 Å². The Balaban J connectivity index is 2.09. The zero-order valence-electron chi connectivity index (χ0n) is 9.72. The molecule has 0 aromatic carbocycles. The third-order valence-corrected chi connectivity index (χ3v) is 3.99. The van der Waals surface area contributed by atoms with E-state index in [1.165, 1.54) is 32.1 Å². The molecule has 4 nitrogen and oxygen atoms in total. The van der Waals surface area contributed by atoms with E-state index in [0.29, 0.717) is 12.6 Å². The lowest BCUT2D eigenvalue weighted by atomic mass is 9.94. The molecule has 0 bridgehead atoms. The maximum atomic E-state index is 9.15.